The fraction of sp³-hybridized carbons (Fsp3) is 0.625. The van der Waals surface area contributed by atoms with Gasteiger partial charge in [0.05, 0.1) is 0 Å². The molecule has 0 radical (unpaired) electrons. The molecule has 3 rings (SSSR count). The maximum atomic E-state index is 13.8. The number of piperidine rings is 1. The first-order valence-corrected chi connectivity index (χ1v) is 9.79. The molecule has 0 saturated carbocycles. The molecule has 0 atom stereocenters. The Morgan fingerprint density at radius 3 is 2.38 bits per heavy atom. The highest BCUT2D eigenvalue weighted by molar-refractivity contribution is 7.89. The standard InChI is InChI=1S/C16H23F2N3O2S/c17-14-1-2-16(15(18)11-14)24(22,23)21-9-7-20(8-10-21)12-13-3-5-19-6-4-13/h1-2,11,13,19H,3-10,12H2. The van der Waals surface area contributed by atoms with Crippen molar-refractivity contribution in [2.45, 2.75) is 17.7 Å². The predicted molar refractivity (Wildman–Crippen MR) is 87.2 cm³/mol. The number of hydrogen-bond donors (Lipinski definition) is 1. The van der Waals surface area contributed by atoms with Crippen LogP contribution in [0.5, 0.6) is 0 Å². The normalized spacial score (nSPS) is 21.9. The summed E-state index contributed by atoms with van der Waals surface area (Å²) >= 11 is 0. The lowest BCUT2D eigenvalue weighted by atomic mass is 9.97. The highest BCUT2D eigenvalue weighted by Crippen LogP contribution is 2.22. The largest absolute Gasteiger partial charge is 0.317 e. The van der Waals surface area contributed by atoms with Gasteiger partial charge in [0, 0.05) is 38.8 Å². The summed E-state index contributed by atoms with van der Waals surface area (Å²) in [5.41, 5.74) is 0. The fourth-order valence-electron chi connectivity index (χ4n) is 3.41. The van der Waals surface area contributed by atoms with E-state index in [2.05, 4.69) is 10.2 Å². The summed E-state index contributed by atoms with van der Waals surface area (Å²) in [4.78, 5) is 1.83. The quantitative estimate of drug-likeness (QED) is 0.880. The van der Waals surface area contributed by atoms with Crippen LogP contribution in [0.2, 0.25) is 0 Å². The highest BCUT2D eigenvalue weighted by atomic mass is 32.2. The van der Waals surface area contributed by atoms with E-state index in [1.165, 1.54) is 4.31 Å². The smallest absolute Gasteiger partial charge is 0.246 e. The maximum absolute atomic E-state index is 13.8. The molecule has 0 bridgehead atoms. The molecule has 1 N–H and O–H groups in total. The zero-order chi connectivity index (χ0) is 17.2. The lowest BCUT2D eigenvalue weighted by Gasteiger charge is -2.36. The van der Waals surface area contributed by atoms with Gasteiger partial charge >= 0.3 is 0 Å². The van der Waals surface area contributed by atoms with Gasteiger partial charge in [-0.3, -0.25) is 0 Å². The molecule has 0 amide bonds. The first-order valence-electron chi connectivity index (χ1n) is 8.35. The van der Waals surface area contributed by atoms with Gasteiger partial charge in [-0.1, -0.05) is 0 Å². The van der Waals surface area contributed by atoms with Crippen molar-refractivity contribution in [2.75, 3.05) is 45.8 Å². The third-order valence-corrected chi connectivity index (χ3v) is 6.75. The van der Waals surface area contributed by atoms with Crippen LogP contribution in [0.25, 0.3) is 0 Å². The number of nitrogens with zero attached hydrogens (tertiary/aromatic N) is 2. The maximum Gasteiger partial charge on any atom is 0.246 e. The number of nitrogens with one attached hydrogen (secondary N) is 1. The molecule has 0 aliphatic carbocycles. The molecule has 2 fully saturated rings. The van der Waals surface area contributed by atoms with E-state index in [1.807, 2.05) is 0 Å². The van der Waals surface area contributed by atoms with Gasteiger partial charge in [0.1, 0.15) is 16.5 Å². The van der Waals surface area contributed by atoms with E-state index in [-0.39, 0.29) is 0 Å². The molecule has 24 heavy (non-hydrogen) atoms. The van der Waals surface area contributed by atoms with Gasteiger partial charge < -0.3 is 10.2 Å². The van der Waals surface area contributed by atoms with Gasteiger partial charge in [-0.2, -0.15) is 4.31 Å². The number of halogens is 2. The molecular weight excluding hydrogens is 336 g/mol. The fourth-order valence-corrected chi connectivity index (χ4v) is 4.87. The topological polar surface area (TPSA) is 52.7 Å². The van der Waals surface area contributed by atoms with E-state index in [0.717, 1.165) is 44.6 Å². The van der Waals surface area contributed by atoms with Crippen LogP contribution in [-0.2, 0) is 10.0 Å². The Morgan fingerprint density at radius 2 is 1.75 bits per heavy atom. The van der Waals surface area contributed by atoms with Crippen molar-refractivity contribution in [3.63, 3.8) is 0 Å². The zero-order valence-corrected chi connectivity index (χ0v) is 14.4. The summed E-state index contributed by atoms with van der Waals surface area (Å²) in [6.07, 6.45) is 2.30. The molecule has 8 heteroatoms. The van der Waals surface area contributed by atoms with E-state index in [1.54, 1.807) is 0 Å². The number of sulfonamides is 1. The van der Waals surface area contributed by atoms with E-state index in [4.69, 9.17) is 0 Å². The minimum absolute atomic E-state index is 0.337. The van der Waals surface area contributed by atoms with Gasteiger partial charge in [0.2, 0.25) is 10.0 Å². The molecular formula is C16H23F2N3O2S. The Hall–Kier alpha value is -1.09. The van der Waals surface area contributed by atoms with Crippen molar-refractivity contribution in [3.8, 4) is 0 Å². The number of hydrogen-bond acceptors (Lipinski definition) is 4. The van der Waals surface area contributed by atoms with Crippen molar-refractivity contribution >= 4 is 10.0 Å². The minimum atomic E-state index is -3.91. The molecule has 5 nitrogen and oxygen atoms in total. The monoisotopic (exact) mass is 359 g/mol. The number of benzene rings is 1. The van der Waals surface area contributed by atoms with Gasteiger partial charge in [0.25, 0.3) is 0 Å². The molecule has 2 aliphatic rings. The van der Waals surface area contributed by atoms with Crippen molar-refractivity contribution < 1.29 is 17.2 Å². The second-order valence-corrected chi connectivity index (χ2v) is 8.38. The van der Waals surface area contributed by atoms with Crippen LogP contribution in [0, 0.1) is 17.6 Å². The van der Waals surface area contributed by atoms with Crippen molar-refractivity contribution in [3.05, 3.63) is 29.8 Å². The molecule has 2 saturated heterocycles. The molecule has 1 aromatic carbocycles. The van der Waals surface area contributed by atoms with Crippen molar-refractivity contribution in [1.82, 2.24) is 14.5 Å². The second kappa shape index (κ2) is 7.43. The average Bonchev–Trinajstić information content (AvgIpc) is 2.56. The summed E-state index contributed by atoms with van der Waals surface area (Å²) < 4.78 is 53.2. The first-order chi connectivity index (χ1) is 11.5. The van der Waals surface area contributed by atoms with Gasteiger partial charge in [-0.05, 0) is 44.0 Å². The lowest BCUT2D eigenvalue weighted by Crippen LogP contribution is -2.50. The minimum Gasteiger partial charge on any atom is -0.317 e. The molecule has 134 valence electrons. The molecule has 1 aromatic rings. The third kappa shape index (κ3) is 3.93. The third-order valence-electron chi connectivity index (χ3n) is 4.82. The van der Waals surface area contributed by atoms with Crippen LogP contribution >= 0.6 is 0 Å². The Bertz CT molecular complexity index is 670. The lowest BCUT2D eigenvalue weighted by molar-refractivity contribution is 0.152. The summed E-state index contributed by atoms with van der Waals surface area (Å²) in [5, 5.41) is 3.34. The Balaban J connectivity index is 1.61. The summed E-state index contributed by atoms with van der Waals surface area (Å²) in [6.45, 7) is 5.04. The zero-order valence-electron chi connectivity index (χ0n) is 13.5. The van der Waals surface area contributed by atoms with Crippen LogP contribution in [0.1, 0.15) is 12.8 Å². The first kappa shape index (κ1) is 17.7. The van der Waals surface area contributed by atoms with E-state index in [9.17, 15) is 17.2 Å². The van der Waals surface area contributed by atoms with Crippen LogP contribution in [0.3, 0.4) is 0 Å². The summed E-state index contributed by atoms with van der Waals surface area (Å²) in [5.74, 6) is -1.16. The Labute approximate surface area is 141 Å². The van der Waals surface area contributed by atoms with E-state index in [0.29, 0.717) is 38.2 Å². The predicted octanol–water partition coefficient (Wildman–Crippen LogP) is 1.27. The van der Waals surface area contributed by atoms with Gasteiger partial charge in [-0.25, -0.2) is 17.2 Å². The average molecular weight is 359 g/mol. The van der Waals surface area contributed by atoms with Gasteiger partial charge in [0.15, 0.2) is 0 Å². The molecule has 2 aliphatic heterocycles. The SMILES string of the molecule is O=S(=O)(c1ccc(F)cc1F)N1CCN(CC2CCNCC2)CC1. The molecule has 0 aromatic heterocycles. The van der Waals surface area contributed by atoms with Crippen LogP contribution in [0.15, 0.2) is 23.1 Å². The van der Waals surface area contributed by atoms with Crippen molar-refractivity contribution in [2.24, 2.45) is 5.92 Å². The number of piperazine rings is 1. The Morgan fingerprint density at radius 1 is 1.08 bits per heavy atom. The number of rotatable bonds is 4. The van der Waals surface area contributed by atoms with Crippen LogP contribution in [0.4, 0.5) is 8.78 Å². The summed E-state index contributed by atoms with van der Waals surface area (Å²) in [7, 11) is -3.91. The molecule has 0 unspecified atom stereocenters. The van der Waals surface area contributed by atoms with Crippen molar-refractivity contribution in [1.29, 1.82) is 0 Å². The Kier molecular flexibility index (Phi) is 5.49. The van der Waals surface area contributed by atoms with Crippen LogP contribution < -0.4 is 5.32 Å². The summed E-state index contributed by atoms with van der Waals surface area (Å²) in [6, 6.07) is 2.59. The van der Waals surface area contributed by atoms with E-state index >= 15 is 0 Å². The highest BCUT2D eigenvalue weighted by Gasteiger charge is 2.31. The second-order valence-electron chi connectivity index (χ2n) is 6.47. The molecule has 2 heterocycles. The molecule has 0 spiro atoms. The van der Waals surface area contributed by atoms with E-state index < -0.39 is 26.6 Å². The van der Waals surface area contributed by atoms with Gasteiger partial charge in [-0.15, -0.1) is 0 Å². The van der Waals surface area contributed by atoms with Crippen LogP contribution in [-0.4, -0.2) is 63.4 Å².